The maximum absolute atomic E-state index is 3.23. The summed E-state index contributed by atoms with van der Waals surface area (Å²) in [5, 5.41) is 3.23. The van der Waals surface area contributed by atoms with Gasteiger partial charge in [0, 0.05) is 0 Å². The van der Waals surface area contributed by atoms with Gasteiger partial charge in [-0.1, -0.05) is 58.3 Å². The molecule has 2 atom stereocenters. The summed E-state index contributed by atoms with van der Waals surface area (Å²) in [5.74, 6) is 2.24. The van der Waals surface area contributed by atoms with Crippen molar-refractivity contribution in [1.82, 2.24) is 5.32 Å². The third-order valence-electron chi connectivity index (χ3n) is 4.00. The van der Waals surface area contributed by atoms with Crippen LogP contribution in [0.1, 0.15) is 71.1 Å². The molecule has 0 amide bonds. The molecule has 0 aromatic carbocycles. The molecule has 1 saturated carbocycles. The van der Waals surface area contributed by atoms with Gasteiger partial charge in [-0.05, 0) is 38.3 Å². The first kappa shape index (κ1) is 14.0. The number of hydrogen-bond donors (Lipinski definition) is 1. The van der Waals surface area contributed by atoms with Crippen molar-refractivity contribution in [2.45, 2.75) is 71.1 Å². The van der Waals surface area contributed by atoms with E-state index in [0.29, 0.717) is 0 Å². The standard InChI is InChI=1S/C15H31N/c1-3-4-5-6-7-10-14-13-15(14)11-8-9-12-16-2/h14-16H,3-13H2,1-2H3. The van der Waals surface area contributed by atoms with Crippen LogP contribution in [0.25, 0.3) is 0 Å². The molecule has 1 aliphatic rings. The zero-order valence-electron chi connectivity index (χ0n) is 11.4. The summed E-state index contributed by atoms with van der Waals surface area (Å²) in [4.78, 5) is 0. The molecule has 1 rings (SSSR count). The highest BCUT2D eigenvalue weighted by Gasteiger charge is 2.34. The fraction of sp³-hybridized carbons (Fsp3) is 1.00. The van der Waals surface area contributed by atoms with Crippen LogP contribution in [-0.2, 0) is 0 Å². The molecule has 1 heteroatoms. The van der Waals surface area contributed by atoms with E-state index in [1.54, 1.807) is 6.42 Å². The molecule has 2 unspecified atom stereocenters. The van der Waals surface area contributed by atoms with Crippen LogP contribution in [0, 0.1) is 11.8 Å². The largest absolute Gasteiger partial charge is 0.320 e. The van der Waals surface area contributed by atoms with Gasteiger partial charge in [-0.25, -0.2) is 0 Å². The summed E-state index contributed by atoms with van der Waals surface area (Å²) in [6.45, 7) is 3.50. The molecule has 0 aromatic heterocycles. The summed E-state index contributed by atoms with van der Waals surface area (Å²) in [7, 11) is 2.05. The third kappa shape index (κ3) is 6.52. The lowest BCUT2D eigenvalue weighted by molar-refractivity contribution is 0.526. The topological polar surface area (TPSA) is 12.0 Å². The highest BCUT2D eigenvalue weighted by atomic mass is 14.8. The number of rotatable bonds is 11. The maximum atomic E-state index is 3.23. The molecule has 0 heterocycles. The van der Waals surface area contributed by atoms with Crippen LogP contribution in [0.4, 0.5) is 0 Å². The summed E-state index contributed by atoms with van der Waals surface area (Å²) >= 11 is 0. The predicted molar refractivity (Wildman–Crippen MR) is 72.8 cm³/mol. The van der Waals surface area contributed by atoms with Crippen molar-refractivity contribution in [3.05, 3.63) is 0 Å². The van der Waals surface area contributed by atoms with E-state index in [-0.39, 0.29) is 0 Å². The fourth-order valence-electron chi connectivity index (χ4n) is 2.74. The van der Waals surface area contributed by atoms with E-state index >= 15 is 0 Å². The van der Waals surface area contributed by atoms with Crippen molar-refractivity contribution in [2.24, 2.45) is 11.8 Å². The van der Waals surface area contributed by atoms with Gasteiger partial charge >= 0.3 is 0 Å². The molecule has 16 heavy (non-hydrogen) atoms. The average Bonchev–Trinajstić information content (AvgIpc) is 3.03. The molecular weight excluding hydrogens is 194 g/mol. The van der Waals surface area contributed by atoms with E-state index in [4.69, 9.17) is 0 Å². The first-order valence-electron chi connectivity index (χ1n) is 7.53. The Kier molecular flexibility index (Phi) is 7.92. The highest BCUT2D eigenvalue weighted by Crippen LogP contribution is 2.45. The number of hydrogen-bond acceptors (Lipinski definition) is 1. The van der Waals surface area contributed by atoms with Crippen molar-refractivity contribution < 1.29 is 0 Å². The molecular formula is C15H31N. The quantitative estimate of drug-likeness (QED) is 0.515. The molecule has 0 radical (unpaired) electrons. The summed E-state index contributed by atoms with van der Waals surface area (Å²) < 4.78 is 0. The monoisotopic (exact) mass is 225 g/mol. The van der Waals surface area contributed by atoms with Gasteiger partial charge in [-0.3, -0.25) is 0 Å². The Morgan fingerprint density at radius 1 is 0.875 bits per heavy atom. The maximum Gasteiger partial charge on any atom is -0.00519 e. The molecule has 1 fully saturated rings. The Labute approximate surface area is 102 Å². The molecule has 1 aliphatic carbocycles. The molecule has 0 bridgehead atoms. The molecule has 0 aliphatic heterocycles. The first-order valence-corrected chi connectivity index (χ1v) is 7.53. The second-order valence-corrected chi connectivity index (χ2v) is 5.56. The zero-order valence-corrected chi connectivity index (χ0v) is 11.4. The van der Waals surface area contributed by atoms with Gasteiger partial charge in [0.2, 0.25) is 0 Å². The van der Waals surface area contributed by atoms with E-state index in [1.807, 2.05) is 0 Å². The average molecular weight is 225 g/mol. The van der Waals surface area contributed by atoms with Crippen LogP contribution in [0.5, 0.6) is 0 Å². The van der Waals surface area contributed by atoms with Gasteiger partial charge in [-0.2, -0.15) is 0 Å². The third-order valence-corrected chi connectivity index (χ3v) is 4.00. The molecule has 96 valence electrons. The summed E-state index contributed by atoms with van der Waals surface area (Å²) in [5.41, 5.74) is 0. The van der Waals surface area contributed by atoms with Crippen molar-refractivity contribution in [3.8, 4) is 0 Å². The highest BCUT2D eigenvalue weighted by molar-refractivity contribution is 4.85. The van der Waals surface area contributed by atoms with E-state index in [1.165, 1.54) is 64.3 Å². The lowest BCUT2D eigenvalue weighted by atomic mass is 10.1. The second kappa shape index (κ2) is 9.04. The summed E-state index contributed by atoms with van der Waals surface area (Å²) in [6.07, 6.45) is 14.7. The van der Waals surface area contributed by atoms with Gasteiger partial charge < -0.3 is 5.32 Å². The SMILES string of the molecule is CCCCCCCC1CC1CCCCNC. The van der Waals surface area contributed by atoms with Crippen LogP contribution in [0.15, 0.2) is 0 Å². The predicted octanol–water partition coefficient (Wildman–Crippen LogP) is 4.37. The lowest BCUT2D eigenvalue weighted by Crippen LogP contribution is -2.07. The van der Waals surface area contributed by atoms with E-state index in [2.05, 4.69) is 19.3 Å². The Morgan fingerprint density at radius 2 is 1.50 bits per heavy atom. The van der Waals surface area contributed by atoms with Crippen LogP contribution >= 0.6 is 0 Å². The molecule has 0 spiro atoms. The van der Waals surface area contributed by atoms with Crippen LogP contribution in [-0.4, -0.2) is 13.6 Å². The molecule has 1 N–H and O–H groups in total. The normalized spacial score (nSPS) is 23.6. The van der Waals surface area contributed by atoms with Crippen LogP contribution in [0.2, 0.25) is 0 Å². The van der Waals surface area contributed by atoms with E-state index in [9.17, 15) is 0 Å². The zero-order chi connectivity index (χ0) is 11.6. The Hall–Kier alpha value is -0.0400. The van der Waals surface area contributed by atoms with Crippen molar-refractivity contribution in [2.75, 3.05) is 13.6 Å². The Balaban J connectivity index is 1.79. The lowest BCUT2D eigenvalue weighted by Gasteiger charge is -2.01. The van der Waals surface area contributed by atoms with Crippen molar-refractivity contribution in [3.63, 3.8) is 0 Å². The van der Waals surface area contributed by atoms with Gasteiger partial charge in [-0.15, -0.1) is 0 Å². The molecule has 0 aromatic rings. The van der Waals surface area contributed by atoms with Gasteiger partial charge in [0.25, 0.3) is 0 Å². The minimum absolute atomic E-state index is 1.11. The van der Waals surface area contributed by atoms with E-state index < -0.39 is 0 Å². The van der Waals surface area contributed by atoms with Gasteiger partial charge in [0.15, 0.2) is 0 Å². The summed E-state index contributed by atoms with van der Waals surface area (Å²) in [6, 6.07) is 0. The first-order chi connectivity index (χ1) is 7.88. The fourth-order valence-corrected chi connectivity index (χ4v) is 2.74. The van der Waals surface area contributed by atoms with Gasteiger partial charge in [0.1, 0.15) is 0 Å². The smallest absolute Gasteiger partial charge is 0.00519 e. The number of unbranched alkanes of at least 4 members (excludes halogenated alkanes) is 5. The number of nitrogens with one attached hydrogen (secondary N) is 1. The molecule has 0 saturated heterocycles. The second-order valence-electron chi connectivity index (χ2n) is 5.56. The van der Waals surface area contributed by atoms with E-state index in [0.717, 1.165) is 11.8 Å². The Bertz CT molecular complexity index is 156. The molecule has 1 nitrogen and oxygen atoms in total. The minimum Gasteiger partial charge on any atom is -0.320 e. The minimum atomic E-state index is 1.11. The van der Waals surface area contributed by atoms with Crippen molar-refractivity contribution >= 4 is 0 Å². The van der Waals surface area contributed by atoms with Crippen LogP contribution < -0.4 is 5.32 Å². The van der Waals surface area contributed by atoms with Gasteiger partial charge in [0.05, 0.1) is 0 Å². The Morgan fingerprint density at radius 3 is 2.12 bits per heavy atom. The van der Waals surface area contributed by atoms with Crippen LogP contribution in [0.3, 0.4) is 0 Å². The van der Waals surface area contributed by atoms with Crippen molar-refractivity contribution in [1.29, 1.82) is 0 Å².